The number of hydrogen-bond donors (Lipinski definition) is 2. The van der Waals surface area contributed by atoms with Gasteiger partial charge in [0.2, 0.25) is 0 Å². The van der Waals surface area contributed by atoms with E-state index in [1.54, 1.807) is 0 Å². The van der Waals surface area contributed by atoms with Gasteiger partial charge in [-0.05, 0) is 49.2 Å². The summed E-state index contributed by atoms with van der Waals surface area (Å²) in [5.41, 5.74) is 3.14. The zero-order chi connectivity index (χ0) is 13.0. The molecule has 0 fully saturated rings. The Morgan fingerprint density at radius 2 is 2.00 bits per heavy atom. The highest BCUT2D eigenvalue weighted by atomic mass is 35.5. The van der Waals surface area contributed by atoms with Crippen LogP contribution in [0.3, 0.4) is 0 Å². The maximum Gasteiger partial charge on any atom is 0.170 e. The first-order valence-corrected chi connectivity index (χ1v) is 6.50. The molecule has 0 amide bonds. The normalized spacial score (nSPS) is 10.5. The van der Waals surface area contributed by atoms with Crippen LogP contribution in [-0.4, -0.2) is 11.7 Å². The van der Waals surface area contributed by atoms with Gasteiger partial charge in [0.25, 0.3) is 0 Å². The number of aryl methyl sites for hydroxylation is 2. The lowest BCUT2D eigenvalue weighted by atomic mass is 10.1. The molecule has 0 aliphatic heterocycles. The summed E-state index contributed by atoms with van der Waals surface area (Å²) in [5.74, 6) is 0.560. The van der Waals surface area contributed by atoms with Crippen molar-refractivity contribution in [2.24, 2.45) is 5.92 Å². The van der Waals surface area contributed by atoms with Gasteiger partial charge < -0.3 is 10.6 Å². The molecule has 17 heavy (non-hydrogen) atoms. The van der Waals surface area contributed by atoms with E-state index in [0.29, 0.717) is 16.1 Å². The highest BCUT2D eigenvalue weighted by Gasteiger charge is 2.07. The van der Waals surface area contributed by atoms with Crippen molar-refractivity contribution in [2.45, 2.75) is 27.7 Å². The van der Waals surface area contributed by atoms with Crippen molar-refractivity contribution in [2.75, 3.05) is 11.9 Å². The molecule has 0 aliphatic rings. The molecular formula is C13H19ClN2S. The van der Waals surface area contributed by atoms with E-state index >= 15 is 0 Å². The number of nitrogens with one attached hydrogen (secondary N) is 2. The summed E-state index contributed by atoms with van der Waals surface area (Å²) in [6.45, 7) is 9.18. The number of halogens is 1. The van der Waals surface area contributed by atoms with Crippen LogP contribution in [0.25, 0.3) is 0 Å². The molecule has 0 aliphatic carbocycles. The Morgan fingerprint density at radius 1 is 1.35 bits per heavy atom. The maximum absolute atomic E-state index is 6.19. The predicted molar refractivity (Wildman–Crippen MR) is 80.0 cm³/mol. The molecule has 0 unspecified atom stereocenters. The first-order chi connectivity index (χ1) is 7.90. The SMILES string of the molecule is Cc1cc(C)c(NC(=S)NCC(C)C)c(Cl)c1. The van der Waals surface area contributed by atoms with Crippen LogP contribution in [0.4, 0.5) is 5.69 Å². The van der Waals surface area contributed by atoms with Crippen molar-refractivity contribution in [3.63, 3.8) is 0 Å². The lowest BCUT2D eigenvalue weighted by Crippen LogP contribution is -2.31. The quantitative estimate of drug-likeness (QED) is 0.815. The number of anilines is 1. The Morgan fingerprint density at radius 3 is 2.53 bits per heavy atom. The summed E-state index contributed by atoms with van der Waals surface area (Å²) >= 11 is 11.4. The summed E-state index contributed by atoms with van der Waals surface area (Å²) < 4.78 is 0. The van der Waals surface area contributed by atoms with Gasteiger partial charge in [-0.3, -0.25) is 0 Å². The van der Waals surface area contributed by atoms with Gasteiger partial charge in [-0.1, -0.05) is 31.5 Å². The molecule has 2 nitrogen and oxygen atoms in total. The second-order valence-electron chi connectivity index (χ2n) is 4.67. The molecule has 4 heteroatoms. The summed E-state index contributed by atoms with van der Waals surface area (Å²) in [5, 5.41) is 7.63. The third-order valence-corrected chi connectivity index (χ3v) is 2.89. The first-order valence-electron chi connectivity index (χ1n) is 5.71. The molecule has 1 rings (SSSR count). The van der Waals surface area contributed by atoms with Gasteiger partial charge in [-0.15, -0.1) is 0 Å². The molecule has 0 heterocycles. The van der Waals surface area contributed by atoms with Gasteiger partial charge in [0.05, 0.1) is 10.7 Å². The van der Waals surface area contributed by atoms with E-state index in [4.69, 9.17) is 23.8 Å². The highest BCUT2D eigenvalue weighted by Crippen LogP contribution is 2.27. The van der Waals surface area contributed by atoms with Crippen molar-refractivity contribution in [3.8, 4) is 0 Å². The zero-order valence-electron chi connectivity index (χ0n) is 10.7. The van der Waals surface area contributed by atoms with E-state index in [0.717, 1.165) is 23.4 Å². The second-order valence-corrected chi connectivity index (χ2v) is 5.48. The van der Waals surface area contributed by atoms with Crippen LogP contribution in [0.15, 0.2) is 12.1 Å². The summed E-state index contributed by atoms with van der Waals surface area (Å²) in [6, 6.07) is 4.02. The fraction of sp³-hybridized carbons (Fsp3) is 0.462. The average molecular weight is 271 g/mol. The number of rotatable bonds is 3. The standard InChI is InChI=1S/C13H19ClN2S/c1-8(2)7-15-13(17)16-12-10(4)5-9(3)6-11(12)14/h5-6,8H,7H2,1-4H3,(H2,15,16,17). The van der Waals surface area contributed by atoms with Gasteiger partial charge in [0.15, 0.2) is 5.11 Å². The molecule has 0 radical (unpaired) electrons. The van der Waals surface area contributed by atoms with Crippen molar-refractivity contribution in [1.29, 1.82) is 0 Å². The van der Waals surface area contributed by atoms with Crippen LogP contribution < -0.4 is 10.6 Å². The Bertz CT molecular complexity index is 393. The van der Waals surface area contributed by atoms with Crippen molar-refractivity contribution < 1.29 is 0 Å². The highest BCUT2D eigenvalue weighted by molar-refractivity contribution is 7.80. The minimum Gasteiger partial charge on any atom is -0.362 e. The van der Waals surface area contributed by atoms with Gasteiger partial charge in [-0.2, -0.15) is 0 Å². The van der Waals surface area contributed by atoms with E-state index in [1.807, 2.05) is 19.9 Å². The van der Waals surface area contributed by atoms with Crippen LogP contribution in [0.2, 0.25) is 5.02 Å². The topological polar surface area (TPSA) is 24.1 Å². The molecule has 0 atom stereocenters. The minimum absolute atomic E-state index is 0.560. The van der Waals surface area contributed by atoms with Crippen molar-refractivity contribution in [1.82, 2.24) is 5.32 Å². The van der Waals surface area contributed by atoms with E-state index < -0.39 is 0 Å². The fourth-order valence-electron chi connectivity index (χ4n) is 1.53. The maximum atomic E-state index is 6.19. The monoisotopic (exact) mass is 270 g/mol. The molecule has 0 aromatic heterocycles. The van der Waals surface area contributed by atoms with E-state index in [2.05, 4.69) is 30.5 Å². The molecule has 94 valence electrons. The third-order valence-electron chi connectivity index (χ3n) is 2.34. The van der Waals surface area contributed by atoms with E-state index in [9.17, 15) is 0 Å². The first kappa shape index (κ1) is 14.3. The average Bonchev–Trinajstić information content (AvgIpc) is 2.20. The Hall–Kier alpha value is -0.800. The van der Waals surface area contributed by atoms with Gasteiger partial charge in [0, 0.05) is 6.54 Å². The van der Waals surface area contributed by atoms with Crippen LogP contribution >= 0.6 is 23.8 Å². The molecule has 0 saturated heterocycles. The van der Waals surface area contributed by atoms with Crippen molar-refractivity contribution in [3.05, 3.63) is 28.3 Å². The Kier molecular flexibility index (Phi) is 5.22. The van der Waals surface area contributed by atoms with Gasteiger partial charge in [0.1, 0.15) is 0 Å². The van der Waals surface area contributed by atoms with Crippen LogP contribution in [0, 0.1) is 19.8 Å². The Labute approximate surface area is 114 Å². The summed E-state index contributed by atoms with van der Waals surface area (Å²) in [4.78, 5) is 0. The summed E-state index contributed by atoms with van der Waals surface area (Å²) in [6.07, 6.45) is 0. The number of benzene rings is 1. The predicted octanol–water partition coefficient (Wildman–Crippen LogP) is 3.90. The Balaban J connectivity index is 2.72. The van der Waals surface area contributed by atoms with E-state index in [1.165, 1.54) is 0 Å². The molecule has 0 spiro atoms. The lowest BCUT2D eigenvalue weighted by molar-refractivity contribution is 0.627. The van der Waals surface area contributed by atoms with E-state index in [-0.39, 0.29) is 0 Å². The van der Waals surface area contributed by atoms with Crippen LogP contribution in [0.1, 0.15) is 25.0 Å². The molecule has 1 aromatic rings. The van der Waals surface area contributed by atoms with Crippen LogP contribution in [0.5, 0.6) is 0 Å². The molecule has 0 bridgehead atoms. The zero-order valence-corrected chi connectivity index (χ0v) is 12.3. The van der Waals surface area contributed by atoms with Gasteiger partial charge >= 0.3 is 0 Å². The summed E-state index contributed by atoms with van der Waals surface area (Å²) in [7, 11) is 0. The minimum atomic E-state index is 0.560. The van der Waals surface area contributed by atoms with Crippen molar-refractivity contribution >= 4 is 34.6 Å². The molecular weight excluding hydrogens is 252 g/mol. The number of thiocarbonyl (C=S) groups is 1. The van der Waals surface area contributed by atoms with Gasteiger partial charge in [-0.25, -0.2) is 0 Å². The molecule has 2 N–H and O–H groups in total. The lowest BCUT2D eigenvalue weighted by Gasteiger charge is -2.15. The fourth-order valence-corrected chi connectivity index (χ4v) is 2.08. The third kappa shape index (κ3) is 4.52. The molecule has 0 saturated carbocycles. The number of hydrogen-bond acceptors (Lipinski definition) is 1. The van der Waals surface area contributed by atoms with Crippen LogP contribution in [-0.2, 0) is 0 Å². The second kappa shape index (κ2) is 6.22. The largest absolute Gasteiger partial charge is 0.362 e. The smallest absolute Gasteiger partial charge is 0.170 e. The molecule has 1 aromatic carbocycles.